The largest absolute Gasteiger partial charge is 0.464 e. The van der Waals surface area contributed by atoms with Gasteiger partial charge < -0.3 is 33.6 Å². The Bertz CT molecular complexity index is 2370. The van der Waals surface area contributed by atoms with Crippen LogP contribution in [0.5, 0.6) is 0 Å². The van der Waals surface area contributed by atoms with Crippen molar-refractivity contribution in [1.29, 1.82) is 0 Å². The molecule has 0 spiro atoms. The van der Waals surface area contributed by atoms with Crippen LogP contribution in [0.25, 0.3) is 27.8 Å². The number of fused-ring (bicyclic) bond motifs is 6. The molecule has 3 aromatic rings. The highest BCUT2D eigenvalue weighted by atomic mass is 16.5. The second kappa shape index (κ2) is 20.5. The Kier molecular flexibility index (Phi) is 15.3. The molecule has 16 heteroatoms. The number of methoxy groups -OCH3 is 1. The number of aromatic nitrogens is 2. The summed E-state index contributed by atoms with van der Waals surface area (Å²) in [7, 11) is 3.23. The summed E-state index contributed by atoms with van der Waals surface area (Å²) in [6.07, 6.45) is 7.87. The zero-order valence-corrected chi connectivity index (χ0v) is 39.4. The third-order valence-electron chi connectivity index (χ3n) is 12.7. The monoisotopic (exact) mass is 895 g/mol. The smallest absolute Gasteiger partial charge is 0.324 e. The Balaban J connectivity index is 1.42. The van der Waals surface area contributed by atoms with Crippen LogP contribution in [0.2, 0.25) is 0 Å². The van der Waals surface area contributed by atoms with E-state index in [-0.39, 0.29) is 55.8 Å². The lowest BCUT2D eigenvalue weighted by Gasteiger charge is -2.36. The number of carbonyl (C=O) groups is 5. The molecular formula is C49H66N8O8. The number of aliphatic imine (C=N–C) groups is 1. The van der Waals surface area contributed by atoms with Gasteiger partial charge in [-0.2, -0.15) is 0 Å². The van der Waals surface area contributed by atoms with E-state index in [0.29, 0.717) is 44.5 Å². The molecule has 16 nitrogen and oxygen atoms in total. The first-order valence-electron chi connectivity index (χ1n) is 22.7. The number of aryl methyl sites for hydroxylation is 1. The van der Waals surface area contributed by atoms with Crippen LogP contribution >= 0.6 is 0 Å². The molecule has 1 aromatic carbocycles. The first-order chi connectivity index (χ1) is 31.0. The second-order valence-electron chi connectivity index (χ2n) is 18.3. The highest BCUT2D eigenvalue weighted by molar-refractivity contribution is 5.96. The second-order valence-corrected chi connectivity index (χ2v) is 18.3. The number of hydrogen-bond donors (Lipinski definition) is 2. The molecule has 5 atom stereocenters. The minimum Gasteiger partial charge on any atom is -0.464 e. The number of nitrogens with zero attached hydrogens (tertiary/aromatic N) is 6. The standard InChI is InChI=1S/C49H66N8O8/c1-12-33(42(50-14-3)30(7)63-11)44-35-25-49(8,9)28-64-48(62)36-17-16-21-57(53-36)47(61)37(24-40-51-26-39(65-40)31-18-19-38(34(35)23-31)56(44)15-4)52-45(59)43(29(5)6)54(10)46(60)32-20-22-55(27-32)41(58)13-2/h12-14,18-19,23,26,29-30,32,36-37,43,53H,1-2,15-17,20-22,24-25,27-28H2,3-11H3,(H,52,59)/b42-33+,50-14-/t30-,32-,36-,37-,43-/m0/s1. The predicted molar refractivity (Wildman–Crippen MR) is 249 cm³/mol. The van der Waals surface area contributed by atoms with Gasteiger partial charge >= 0.3 is 5.97 Å². The number of allylic oxidation sites excluding steroid dienone is 2. The van der Waals surface area contributed by atoms with Crippen molar-refractivity contribution in [1.82, 2.24) is 35.1 Å². The number of hydrazine groups is 1. The number of rotatable bonds is 12. The van der Waals surface area contributed by atoms with E-state index in [1.165, 1.54) is 16.0 Å². The number of amides is 4. The number of likely N-dealkylation sites (tertiary alicyclic amines) is 1. The number of benzene rings is 1. The average molecular weight is 895 g/mol. The van der Waals surface area contributed by atoms with E-state index in [2.05, 4.69) is 66.4 Å². The van der Waals surface area contributed by atoms with Crippen molar-refractivity contribution in [3.05, 3.63) is 72.6 Å². The number of nitrogens with one attached hydrogen (secondary N) is 2. The molecule has 6 rings (SSSR count). The van der Waals surface area contributed by atoms with Gasteiger partial charge in [-0.1, -0.05) is 46.9 Å². The summed E-state index contributed by atoms with van der Waals surface area (Å²) in [6, 6.07) is 3.12. The van der Waals surface area contributed by atoms with Gasteiger partial charge in [-0.3, -0.25) is 34.0 Å². The number of carbonyl (C=O) groups excluding carboxylic acids is 5. The molecule has 2 fully saturated rings. The Morgan fingerprint density at radius 3 is 2.55 bits per heavy atom. The maximum absolute atomic E-state index is 14.6. The zero-order chi connectivity index (χ0) is 47.3. The highest BCUT2D eigenvalue weighted by Gasteiger charge is 2.40. The van der Waals surface area contributed by atoms with Crippen molar-refractivity contribution < 1.29 is 37.9 Å². The molecule has 0 saturated carbocycles. The first-order valence-corrected chi connectivity index (χ1v) is 22.7. The lowest BCUT2D eigenvalue weighted by molar-refractivity contribution is -0.155. The molecule has 2 N–H and O–H groups in total. The Hall–Kier alpha value is -5.87. The van der Waals surface area contributed by atoms with Gasteiger partial charge in [0.2, 0.25) is 17.7 Å². The van der Waals surface area contributed by atoms with Gasteiger partial charge in [-0.25, -0.2) is 10.4 Å². The van der Waals surface area contributed by atoms with Crippen molar-refractivity contribution >= 4 is 52.3 Å². The maximum Gasteiger partial charge on any atom is 0.324 e. The van der Waals surface area contributed by atoms with E-state index in [1.807, 2.05) is 39.8 Å². The Labute approximate surface area is 382 Å². The number of likely N-dealkylation sites (N-methyl/N-ethyl adjacent to an activating group) is 1. The van der Waals surface area contributed by atoms with E-state index in [1.54, 1.807) is 31.5 Å². The SMILES string of the molecule is C=CC(=O)N1CC[C@H](C(=O)N(C)[C@H](C(=O)N[C@H]2Cc3ncc(o3)-c3ccc4c(c3)c(c(/C(C=C)=C(/N=C\C)[C@H](C)OC)n4CC)CC(C)(C)COC(=O)[C@@H]3CCCN(N3)C2=O)C(C)C)C1. The predicted octanol–water partition coefficient (Wildman–Crippen LogP) is 5.50. The summed E-state index contributed by atoms with van der Waals surface area (Å²) in [5, 5.41) is 5.27. The number of cyclic esters (lactones) is 1. The number of esters is 1. The van der Waals surface area contributed by atoms with Crippen molar-refractivity contribution in [3.63, 3.8) is 0 Å². The lowest BCUT2D eigenvalue weighted by atomic mass is 9.84. The summed E-state index contributed by atoms with van der Waals surface area (Å²) in [5.41, 5.74) is 7.77. The molecule has 0 aliphatic carbocycles. The quantitative estimate of drug-likeness (QED) is 0.102. The summed E-state index contributed by atoms with van der Waals surface area (Å²) < 4.78 is 20.6. The van der Waals surface area contributed by atoms with Crippen LogP contribution < -0.4 is 10.7 Å². The molecule has 65 heavy (non-hydrogen) atoms. The molecule has 2 saturated heterocycles. The highest BCUT2D eigenvalue weighted by Crippen LogP contribution is 2.40. The van der Waals surface area contributed by atoms with E-state index in [0.717, 1.165) is 39.0 Å². The molecule has 6 bridgehead atoms. The van der Waals surface area contributed by atoms with E-state index in [9.17, 15) is 24.0 Å². The number of oxazole rings is 1. The van der Waals surface area contributed by atoms with Gasteiger partial charge in [0.25, 0.3) is 5.91 Å². The van der Waals surface area contributed by atoms with Gasteiger partial charge in [0.05, 0.1) is 42.6 Å². The van der Waals surface area contributed by atoms with Gasteiger partial charge in [-0.05, 0) is 82.2 Å². The molecule has 0 radical (unpaired) electrons. The molecule has 3 aliphatic heterocycles. The molecule has 350 valence electrons. The summed E-state index contributed by atoms with van der Waals surface area (Å²) in [4.78, 5) is 81.3. The van der Waals surface area contributed by atoms with Crippen LogP contribution in [-0.2, 0) is 52.8 Å². The molecule has 2 aromatic heterocycles. The van der Waals surface area contributed by atoms with Gasteiger partial charge in [0.1, 0.15) is 18.1 Å². The lowest BCUT2D eigenvalue weighted by Crippen LogP contribution is -2.62. The Morgan fingerprint density at radius 2 is 1.89 bits per heavy atom. The minimum absolute atomic E-state index is 0.0912. The minimum atomic E-state index is -1.19. The average Bonchev–Trinajstić information content (AvgIpc) is 4.05. The van der Waals surface area contributed by atoms with E-state index >= 15 is 0 Å². The number of hydrogen-bond acceptors (Lipinski definition) is 11. The normalized spacial score (nSPS) is 21.7. The fourth-order valence-electron chi connectivity index (χ4n) is 9.37. The van der Waals surface area contributed by atoms with E-state index in [4.69, 9.17) is 18.9 Å². The molecule has 4 amide bonds. The third-order valence-corrected chi connectivity index (χ3v) is 12.7. The van der Waals surface area contributed by atoms with Crippen molar-refractivity contribution in [2.45, 2.75) is 111 Å². The molecule has 3 aliphatic rings. The van der Waals surface area contributed by atoms with Crippen LogP contribution in [0.3, 0.4) is 0 Å². The van der Waals surface area contributed by atoms with Gasteiger partial charge in [0, 0.05) is 74.0 Å². The Morgan fingerprint density at radius 1 is 1.14 bits per heavy atom. The maximum atomic E-state index is 14.6. The number of ether oxygens (including phenoxy) is 2. The van der Waals surface area contributed by atoms with Crippen molar-refractivity contribution in [2.75, 3.05) is 40.4 Å². The molecular weight excluding hydrogens is 829 g/mol. The van der Waals surface area contributed by atoms with Crippen LogP contribution in [0, 0.1) is 17.3 Å². The zero-order valence-electron chi connectivity index (χ0n) is 39.4. The van der Waals surface area contributed by atoms with Gasteiger partial charge in [0.15, 0.2) is 11.7 Å². The van der Waals surface area contributed by atoms with Crippen LogP contribution in [0.1, 0.15) is 84.9 Å². The third kappa shape index (κ3) is 10.3. The van der Waals surface area contributed by atoms with Crippen molar-refractivity contribution in [3.8, 4) is 11.3 Å². The molecule has 0 unspecified atom stereocenters. The summed E-state index contributed by atoms with van der Waals surface area (Å²) >= 11 is 0. The van der Waals surface area contributed by atoms with Crippen LogP contribution in [0.4, 0.5) is 0 Å². The van der Waals surface area contributed by atoms with Crippen LogP contribution in [0.15, 0.2) is 64.8 Å². The molecule has 5 heterocycles. The fraction of sp³-hybridized carbons (Fsp3) is 0.531. The first kappa shape index (κ1) is 48.6. The summed E-state index contributed by atoms with van der Waals surface area (Å²) in [5.74, 6) is -2.20. The summed E-state index contributed by atoms with van der Waals surface area (Å²) in [6.45, 7) is 23.1. The van der Waals surface area contributed by atoms with Gasteiger partial charge in [-0.15, -0.1) is 0 Å². The van der Waals surface area contributed by atoms with E-state index < -0.39 is 47.2 Å². The fourth-order valence-corrected chi connectivity index (χ4v) is 9.37. The van der Waals surface area contributed by atoms with Crippen LogP contribution in [-0.4, -0.2) is 125 Å². The van der Waals surface area contributed by atoms with Crippen molar-refractivity contribution in [2.24, 2.45) is 22.2 Å². The topological polar surface area (TPSA) is 181 Å².